The van der Waals surface area contributed by atoms with Crippen molar-refractivity contribution in [1.82, 2.24) is 9.80 Å². The van der Waals surface area contributed by atoms with Gasteiger partial charge in [0.25, 0.3) is 0 Å². The quantitative estimate of drug-likeness (QED) is 0.831. The number of carbonyl (C=O) groups is 1. The van der Waals surface area contributed by atoms with Gasteiger partial charge in [0.15, 0.2) is 0 Å². The maximum absolute atomic E-state index is 12.5. The van der Waals surface area contributed by atoms with Crippen molar-refractivity contribution >= 4 is 12.0 Å². The number of hydrogen-bond acceptors (Lipinski definition) is 2. The van der Waals surface area contributed by atoms with E-state index in [9.17, 15) is 4.79 Å². The van der Waals surface area contributed by atoms with Crippen molar-refractivity contribution in [2.45, 2.75) is 19.9 Å². The molecule has 0 radical (unpaired) electrons. The Morgan fingerprint density at radius 2 is 1.72 bits per heavy atom. The lowest BCUT2D eigenvalue weighted by Gasteiger charge is -2.22. The molecule has 2 aromatic carbocycles. The van der Waals surface area contributed by atoms with E-state index in [1.807, 2.05) is 35.2 Å². The second kappa shape index (κ2) is 8.63. The molecule has 3 nitrogen and oxygen atoms in total. The van der Waals surface area contributed by atoms with Gasteiger partial charge in [-0.15, -0.1) is 0 Å². The second-order valence-electron chi connectivity index (χ2n) is 6.61. The first-order valence-electron chi connectivity index (χ1n) is 8.98. The molecule has 3 heteroatoms. The molecule has 0 bridgehead atoms. The van der Waals surface area contributed by atoms with Crippen molar-refractivity contribution in [2.24, 2.45) is 0 Å². The van der Waals surface area contributed by atoms with Crippen LogP contribution >= 0.6 is 0 Å². The Bertz CT molecular complexity index is 724. The lowest BCUT2D eigenvalue weighted by molar-refractivity contribution is -0.130. The number of carbonyl (C=O) groups excluding carboxylic acids is 1. The molecule has 0 aromatic heterocycles. The van der Waals surface area contributed by atoms with Crippen LogP contribution in [-0.2, 0) is 11.3 Å². The van der Waals surface area contributed by atoms with Gasteiger partial charge in [0.1, 0.15) is 0 Å². The smallest absolute Gasteiger partial charge is 0.224 e. The van der Waals surface area contributed by atoms with Crippen LogP contribution in [0.4, 0.5) is 0 Å². The lowest BCUT2D eigenvalue weighted by Crippen LogP contribution is -2.33. The highest BCUT2D eigenvalue weighted by molar-refractivity contribution is 5.76. The minimum absolute atomic E-state index is 0.262. The average Bonchev–Trinajstić information content (AvgIpc) is 2.80. The summed E-state index contributed by atoms with van der Waals surface area (Å²) in [6.07, 6.45) is 4.94. The summed E-state index contributed by atoms with van der Waals surface area (Å²) in [5.41, 5.74) is 3.71. The lowest BCUT2D eigenvalue weighted by atomic mass is 10.1. The zero-order valence-corrected chi connectivity index (χ0v) is 14.9. The Morgan fingerprint density at radius 1 is 0.960 bits per heavy atom. The third-order valence-corrected chi connectivity index (χ3v) is 4.78. The van der Waals surface area contributed by atoms with Gasteiger partial charge in [0, 0.05) is 39.1 Å². The zero-order chi connectivity index (χ0) is 17.5. The molecule has 1 saturated heterocycles. The Balaban J connectivity index is 1.55. The van der Waals surface area contributed by atoms with Crippen LogP contribution in [-0.4, -0.2) is 41.9 Å². The fraction of sp³-hybridized carbons (Fsp3) is 0.318. The average molecular weight is 334 g/mol. The molecule has 0 saturated carbocycles. The Morgan fingerprint density at radius 3 is 2.52 bits per heavy atom. The van der Waals surface area contributed by atoms with Gasteiger partial charge in [0.2, 0.25) is 5.91 Å². The standard InChI is InChI=1S/C22H26N2O/c1-19-8-5-6-12-21(19)18-24-17-16-23(15-13-22(24)25)14-7-11-20-9-3-2-4-10-20/h2-12H,13-18H2,1H3/b11-7+. The van der Waals surface area contributed by atoms with Gasteiger partial charge >= 0.3 is 0 Å². The second-order valence-corrected chi connectivity index (χ2v) is 6.61. The molecule has 130 valence electrons. The van der Waals surface area contributed by atoms with Gasteiger partial charge in [-0.2, -0.15) is 0 Å². The maximum atomic E-state index is 12.5. The molecule has 1 fully saturated rings. The molecule has 1 aliphatic heterocycles. The zero-order valence-electron chi connectivity index (χ0n) is 14.9. The van der Waals surface area contributed by atoms with Gasteiger partial charge in [-0.25, -0.2) is 0 Å². The van der Waals surface area contributed by atoms with E-state index in [1.54, 1.807) is 0 Å². The molecule has 0 N–H and O–H groups in total. The molecule has 0 aliphatic carbocycles. The molecule has 0 unspecified atom stereocenters. The minimum atomic E-state index is 0.262. The van der Waals surface area contributed by atoms with E-state index in [0.29, 0.717) is 6.42 Å². The number of nitrogens with zero attached hydrogens (tertiary/aromatic N) is 2. The van der Waals surface area contributed by atoms with E-state index >= 15 is 0 Å². The van der Waals surface area contributed by atoms with Crippen LogP contribution in [0.25, 0.3) is 6.08 Å². The van der Waals surface area contributed by atoms with E-state index in [4.69, 9.17) is 0 Å². The summed E-state index contributed by atoms with van der Waals surface area (Å²) < 4.78 is 0. The highest BCUT2D eigenvalue weighted by Crippen LogP contribution is 2.13. The van der Waals surface area contributed by atoms with Crippen molar-refractivity contribution in [3.63, 3.8) is 0 Å². The predicted octanol–water partition coefficient (Wildman–Crippen LogP) is 3.74. The van der Waals surface area contributed by atoms with Gasteiger partial charge in [0.05, 0.1) is 0 Å². The number of amides is 1. The molecular formula is C22H26N2O. The molecule has 1 amide bonds. The molecule has 0 atom stereocenters. The van der Waals surface area contributed by atoms with Crippen LogP contribution in [0.1, 0.15) is 23.1 Å². The van der Waals surface area contributed by atoms with Crippen molar-refractivity contribution in [2.75, 3.05) is 26.2 Å². The Kier molecular flexibility index (Phi) is 6.02. The number of rotatable bonds is 5. The van der Waals surface area contributed by atoms with E-state index in [-0.39, 0.29) is 5.91 Å². The summed E-state index contributed by atoms with van der Waals surface area (Å²) >= 11 is 0. The summed E-state index contributed by atoms with van der Waals surface area (Å²) in [5, 5.41) is 0. The fourth-order valence-electron chi connectivity index (χ4n) is 3.16. The van der Waals surface area contributed by atoms with Gasteiger partial charge in [-0.3, -0.25) is 9.69 Å². The summed E-state index contributed by atoms with van der Waals surface area (Å²) in [5.74, 6) is 0.262. The van der Waals surface area contributed by atoms with Crippen LogP contribution in [0.5, 0.6) is 0 Å². The molecule has 0 spiro atoms. The Labute approximate surface area is 150 Å². The first-order chi connectivity index (χ1) is 12.2. The molecule has 3 rings (SSSR count). The van der Waals surface area contributed by atoms with E-state index in [1.165, 1.54) is 16.7 Å². The third-order valence-electron chi connectivity index (χ3n) is 4.78. The van der Waals surface area contributed by atoms with Gasteiger partial charge in [-0.05, 0) is 23.6 Å². The van der Waals surface area contributed by atoms with E-state index in [2.05, 4.69) is 48.2 Å². The monoisotopic (exact) mass is 334 g/mol. The van der Waals surface area contributed by atoms with Crippen molar-refractivity contribution in [3.05, 3.63) is 77.4 Å². The number of hydrogen-bond donors (Lipinski definition) is 0. The number of aryl methyl sites for hydroxylation is 1. The normalized spacial score (nSPS) is 16.4. The molecule has 1 aliphatic rings. The molecule has 1 heterocycles. The number of benzene rings is 2. The molecular weight excluding hydrogens is 308 g/mol. The summed E-state index contributed by atoms with van der Waals surface area (Å²) in [6, 6.07) is 18.7. The van der Waals surface area contributed by atoms with Crippen LogP contribution in [0.2, 0.25) is 0 Å². The van der Waals surface area contributed by atoms with Crippen LogP contribution in [0.3, 0.4) is 0 Å². The summed E-state index contributed by atoms with van der Waals surface area (Å²) in [7, 11) is 0. The summed E-state index contributed by atoms with van der Waals surface area (Å²) in [6.45, 7) is 6.28. The Hall–Kier alpha value is -2.39. The maximum Gasteiger partial charge on any atom is 0.224 e. The predicted molar refractivity (Wildman–Crippen MR) is 103 cm³/mol. The first-order valence-corrected chi connectivity index (χ1v) is 8.98. The van der Waals surface area contributed by atoms with Crippen molar-refractivity contribution in [3.8, 4) is 0 Å². The third kappa shape index (κ3) is 5.04. The first kappa shape index (κ1) is 17.4. The van der Waals surface area contributed by atoms with Crippen LogP contribution in [0.15, 0.2) is 60.7 Å². The highest BCUT2D eigenvalue weighted by Gasteiger charge is 2.20. The van der Waals surface area contributed by atoms with Crippen LogP contribution < -0.4 is 0 Å². The van der Waals surface area contributed by atoms with E-state index < -0.39 is 0 Å². The summed E-state index contributed by atoms with van der Waals surface area (Å²) in [4.78, 5) is 16.8. The molecule has 2 aromatic rings. The van der Waals surface area contributed by atoms with Gasteiger partial charge < -0.3 is 4.90 Å². The van der Waals surface area contributed by atoms with E-state index in [0.717, 1.165) is 32.7 Å². The largest absolute Gasteiger partial charge is 0.337 e. The highest BCUT2D eigenvalue weighted by atomic mass is 16.2. The fourth-order valence-corrected chi connectivity index (χ4v) is 3.16. The molecule has 25 heavy (non-hydrogen) atoms. The topological polar surface area (TPSA) is 23.6 Å². The minimum Gasteiger partial charge on any atom is -0.337 e. The SMILES string of the molecule is Cc1ccccc1CN1CCN(C/C=C/c2ccccc2)CCC1=O. The van der Waals surface area contributed by atoms with Crippen molar-refractivity contribution < 1.29 is 4.79 Å². The van der Waals surface area contributed by atoms with Gasteiger partial charge in [-0.1, -0.05) is 66.7 Å². The van der Waals surface area contributed by atoms with Crippen molar-refractivity contribution in [1.29, 1.82) is 0 Å². The van der Waals surface area contributed by atoms with Crippen LogP contribution in [0, 0.1) is 6.92 Å².